The molecule has 0 aliphatic carbocycles. The molecular formula is C14H16N2O4S. The number of aromatic carboxylic acids is 1. The van der Waals surface area contributed by atoms with Gasteiger partial charge in [-0.05, 0) is 50.6 Å². The molecule has 0 spiro atoms. The highest BCUT2D eigenvalue weighted by atomic mass is 32.2. The zero-order chi connectivity index (χ0) is 15.8. The number of aromatic nitrogens is 1. The normalized spacial score (nSPS) is 11.4. The molecule has 0 aliphatic rings. The molecule has 0 amide bonds. The van der Waals surface area contributed by atoms with Gasteiger partial charge in [-0.25, -0.2) is 9.63 Å². The molecule has 6 nitrogen and oxygen atoms in total. The molecule has 2 rings (SSSR count). The number of aryl methyl sites for hydroxylation is 2. The van der Waals surface area contributed by atoms with Gasteiger partial charge in [0.05, 0.1) is 10.5 Å². The standard InChI is InChI=1S/C14H16N2O4S/c1-9-7-8-10(2)16(9)15-21(19,20)13-6-4-5-12(11(13)3)14(17)18/h4-8,15H,1-3H3,(H,17,18). The van der Waals surface area contributed by atoms with E-state index in [4.69, 9.17) is 5.11 Å². The molecule has 112 valence electrons. The van der Waals surface area contributed by atoms with Crippen molar-refractivity contribution < 1.29 is 18.3 Å². The Morgan fingerprint density at radius 2 is 1.67 bits per heavy atom. The van der Waals surface area contributed by atoms with Gasteiger partial charge in [0.2, 0.25) is 0 Å². The molecule has 0 unspecified atom stereocenters. The van der Waals surface area contributed by atoms with Gasteiger partial charge in [0, 0.05) is 11.4 Å². The molecule has 2 aromatic rings. The number of carboxylic acid groups (broad SMARTS) is 1. The minimum atomic E-state index is -3.87. The smallest absolute Gasteiger partial charge is 0.335 e. The summed E-state index contributed by atoms with van der Waals surface area (Å²) < 4.78 is 26.4. The van der Waals surface area contributed by atoms with Gasteiger partial charge >= 0.3 is 5.97 Å². The second-order valence-corrected chi connectivity index (χ2v) is 6.41. The van der Waals surface area contributed by atoms with Crippen molar-refractivity contribution in [2.75, 3.05) is 4.83 Å². The van der Waals surface area contributed by atoms with Crippen molar-refractivity contribution in [3.8, 4) is 0 Å². The highest BCUT2D eigenvalue weighted by molar-refractivity contribution is 7.92. The van der Waals surface area contributed by atoms with Crippen LogP contribution in [0, 0.1) is 20.8 Å². The first-order valence-electron chi connectivity index (χ1n) is 6.24. The Morgan fingerprint density at radius 3 is 2.19 bits per heavy atom. The lowest BCUT2D eigenvalue weighted by molar-refractivity contribution is 0.0696. The van der Waals surface area contributed by atoms with Crippen LogP contribution in [0.15, 0.2) is 35.2 Å². The second-order valence-electron chi connectivity index (χ2n) is 4.78. The molecule has 1 aromatic heterocycles. The minimum absolute atomic E-state index is 0.0289. The predicted molar refractivity (Wildman–Crippen MR) is 78.6 cm³/mol. The lowest BCUT2D eigenvalue weighted by Crippen LogP contribution is -2.26. The highest BCUT2D eigenvalue weighted by Gasteiger charge is 2.21. The van der Waals surface area contributed by atoms with E-state index in [-0.39, 0.29) is 16.0 Å². The van der Waals surface area contributed by atoms with Gasteiger partial charge in [-0.3, -0.25) is 4.68 Å². The number of nitrogens with zero attached hydrogens (tertiary/aromatic N) is 1. The zero-order valence-corrected chi connectivity index (χ0v) is 12.7. The highest BCUT2D eigenvalue weighted by Crippen LogP contribution is 2.20. The molecule has 1 aromatic carbocycles. The number of carbonyl (C=O) groups is 1. The Balaban J connectivity index is 2.51. The average Bonchev–Trinajstić information content (AvgIpc) is 2.70. The van der Waals surface area contributed by atoms with Crippen molar-refractivity contribution in [1.29, 1.82) is 0 Å². The number of rotatable bonds is 4. The van der Waals surface area contributed by atoms with Crippen molar-refractivity contribution >= 4 is 16.0 Å². The summed E-state index contributed by atoms with van der Waals surface area (Å²) in [5.41, 5.74) is 1.66. The number of carboxylic acids is 1. The van der Waals surface area contributed by atoms with Gasteiger partial charge in [-0.15, -0.1) is 0 Å². The minimum Gasteiger partial charge on any atom is -0.478 e. The van der Waals surface area contributed by atoms with Crippen molar-refractivity contribution in [3.05, 3.63) is 52.8 Å². The number of sulfonamides is 1. The molecule has 21 heavy (non-hydrogen) atoms. The van der Waals surface area contributed by atoms with E-state index in [0.29, 0.717) is 0 Å². The van der Waals surface area contributed by atoms with Gasteiger partial charge in [-0.2, -0.15) is 8.42 Å². The maximum Gasteiger partial charge on any atom is 0.335 e. The fraction of sp³-hybridized carbons (Fsp3) is 0.214. The zero-order valence-electron chi connectivity index (χ0n) is 11.9. The summed E-state index contributed by atoms with van der Waals surface area (Å²) in [6, 6.07) is 7.76. The van der Waals surface area contributed by atoms with E-state index >= 15 is 0 Å². The molecule has 7 heteroatoms. The Bertz CT molecular complexity index is 787. The fourth-order valence-corrected chi connectivity index (χ4v) is 3.52. The number of benzene rings is 1. The maximum atomic E-state index is 12.5. The molecule has 1 heterocycles. The first-order valence-corrected chi connectivity index (χ1v) is 7.73. The van der Waals surface area contributed by atoms with Crippen LogP contribution < -0.4 is 4.83 Å². The van der Waals surface area contributed by atoms with Crippen LogP contribution in [0.25, 0.3) is 0 Å². The van der Waals surface area contributed by atoms with E-state index in [2.05, 4.69) is 4.83 Å². The summed E-state index contributed by atoms with van der Waals surface area (Å²) in [6.45, 7) is 5.03. The van der Waals surface area contributed by atoms with Crippen LogP contribution in [-0.2, 0) is 10.0 Å². The van der Waals surface area contributed by atoms with Crippen LogP contribution in [-0.4, -0.2) is 24.2 Å². The summed E-state index contributed by atoms with van der Waals surface area (Å²) in [6.07, 6.45) is 0. The maximum absolute atomic E-state index is 12.5. The molecule has 0 aliphatic heterocycles. The third kappa shape index (κ3) is 2.78. The van der Waals surface area contributed by atoms with Gasteiger partial charge in [-0.1, -0.05) is 6.07 Å². The topological polar surface area (TPSA) is 88.4 Å². The van der Waals surface area contributed by atoms with Crippen LogP contribution in [0.1, 0.15) is 27.3 Å². The Morgan fingerprint density at radius 1 is 1.10 bits per heavy atom. The molecule has 0 bridgehead atoms. The summed E-state index contributed by atoms with van der Waals surface area (Å²) in [5.74, 6) is -1.15. The van der Waals surface area contributed by atoms with Gasteiger partial charge < -0.3 is 5.11 Å². The summed E-state index contributed by atoms with van der Waals surface area (Å²) >= 11 is 0. The van der Waals surface area contributed by atoms with Gasteiger partial charge in [0.1, 0.15) is 0 Å². The first-order chi connectivity index (χ1) is 9.74. The van der Waals surface area contributed by atoms with Crippen LogP contribution in [0.4, 0.5) is 0 Å². The van der Waals surface area contributed by atoms with E-state index in [0.717, 1.165) is 11.4 Å². The molecule has 0 saturated carbocycles. The molecule has 0 atom stereocenters. The summed E-state index contributed by atoms with van der Waals surface area (Å²) in [5, 5.41) is 9.08. The average molecular weight is 308 g/mol. The number of hydrogen-bond acceptors (Lipinski definition) is 3. The van der Waals surface area contributed by atoms with Crippen LogP contribution >= 0.6 is 0 Å². The van der Waals surface area contributed by atoms with Crippen molar-refractivity contribution in [3.63, 3.8) is 0 Å². The summed E-state index contributed by atoms with van der Waals surface area (Å²) in [4.78, 5) is 13.5. The molecular weight excluding hydrogens is 292 g/mol. The second kappa shape index (κ2) is 5.25. The third-order valence-corrected chi connectivity index (χ3v) is 4.73. The first kappa shape index (κ1) is 15.1. The quantitative estimate of drug-likeness (QED) is 0.904. The largest absolute Gasteiger partial charge is 0.478 e. The number of nitrogens with one attached hydrogen (secondary N) is 1. The van der Waals surface area contributed by atoms with Crippen molar-refractivity contribution in [2.24, 2.45) is 0 Å². The van der Waals surface area contributed by atoms with E-state index in [9.17, 15) is 13.2 Å². The number of hydrogen-bond donors (Lipinski definition) is 2. The van der Waals surface area contributed by atoms with Gasteiger partial charge in [0.25, 0.3) is 10.0 Å². The Kier molecular flexibility index (Phi) is 3.78. The van der Waals surface area contributed by atoms with E-state index in [1.54, 1.807) is 26.0 Å². The lowest BCUT2D eigenvalue weighted by atomic mass is 10.1. The van der Waals surface area contributed by atoms with Crippen molar-refractivity contribution in [1.82, 2.24) is 4.68 Å². The lowest BCUT2D eigenvalue weighted by Gasteiger charge is -2.15. The molecule has 2 N–H and O–H groups in total. The molecule has 0 radical (unpaired) electrons. The summed E-state index contributed by atoms with van der Waals surface area (Å²) in [7, 11) is -3.87. The predicted octanol–water partition coefficient (Wildman–Crippen LogP) is 2.04. The third-order valence-electron chi connectivity index (χ3n) is 3.29. The Labute approximate surface area is 123 Å². The van der Waals surface area contributed by atoms with Gasteiger partial charge in [0.15, 0.2) is 0 Å². The van der Waals surface area contributed by atoms with E-state index in [1.807, 2.05) is 0 Å². The monoisotopic (exact) mass is 308 g/mol. The SMILES string of the molecule is Cc1c(C(=O)O)cccc1S(=O)(=O)Nn1c(C)ccc1C. The molecule has 0 fully saturated rings. The van der Waals surface area contributed by atoms with E-state index in [1.165, 1.54) is 29.8 Å². The Hall–Kier alpha value is -2.28. The van der Waals surface area contributed by atoms with Crippen molar-refractivity contribution in [2.45, 2.75) is 25.7 Å². The van der Waals surface area contributed by atoms with Crippen LogP contribution in [0.5, 0.6) is 0 Å². The van der Waals surface area contributed by atoms with E-state index < -0.39 is 16.0 Å². The molecule has 0 saturated heterocycles. The van der Waals surface area contributed by atoms with Crippen LogP contribution in [0.3, 0.4) is 0 Å². The fourth-order valence-electron chi connectivity index (χ4n) is 2.12. The van der Waals surface area contributed by atoms with Crippen LogP contribution in [0.2, 0.25) is 0 Å².